The molecule has 0 aromatic carbocycles. The molecule has 1 aliphatic heterocycles. The Morgan fingerprint density at radius 3 is 2.00 bits per heavy atom. The lowest BCUT2D eigenvalue weighted by Gasteiger charge is -2.50. The van der Waals surface area contributed by atoms with Gasteiger partial charge in [0.15, 0.2) is 0 Å². The molecule has 1 amide bonds. The fourth-order valence-electron chi connectivity index (χ4n) is 2.53. The normalized spacial score (nSPS) is 24.5. The van der Waals surface area contributed by atoms with Gasteiger partial charge in [-0.05, 0) is 39.0 Å². The van der Waals surface area contributed by atoms with Gasteiger partial charge in [-0.1, -0.05) is 20.8 Å². The second kappa shape index (κ2) is 3.80. The first kappa shape index (κ1) is 12.5. The van der Waals surface area contributed by atoms with E-state index in [-0.39, 0.29) is 11.0 Å². The van der Waals surface area contributed by atoms with E-state index >= 15 is 0 Å². The molecule has 0 bridgehead atoms. The van der Waals surface area contributed by atoms with E-state index in [9.17, 15) is 4.79 Å². The Bertz CT molecular complexity index is 244. The summed E-state index contributed by atoms with van der Waals surface area (Å²) >= 11 is 0. The van der Waals surface area contributed by atoms with Gasteiger partial charge in [0, 0.05) is 18.0 Å². The summed E-state index contributed by atoms with van der Waals surface area (Å²) in [7, 11) is 0. The summed E-state index contributed by atoms with van der Waals surface area (Å²) in [6, 6.07) is 0.388. The average molecular weight is 211 g/mol. The molecule has 0 aromatic heterocycles. The molecule has 1 atom stereocenters. The Morgan fingerprint density at radius 1 is 1.13 bits per heavy atom. The first-order valence-corrected chi connectivity index (χ1v) is 5.96. The second-order valence-electron chi connectivity index (χ2n) is 6.71. The van der Waals surface area contributed by atoms with Gasteiger partial charge >= 0.3 is 0 Å². The van der Waals surface area contributed by atoms with Crippen molar-refractivity contribution in [1.82, 2.24) is 4.90 Å². The van der Waals surface area contributed by atoms with E-state index in [0.717, 1.165) is 19.3 Å². The van der Waals surface area contributed by atoms with Crippen molar-refractivity contribution in [2.45, 2.75) is 72.4 Å². The highest BCUT2D eigenvalue weighted by atomic mass is 16.2. The van der Waals surface area contributed by atoms with Crippen LogP contribution in [-0.2, 0) is 4.79 Å². The Labute approximate surface area is 94.0 Å². The van der Waals surface area contributed by atoms with Crippen LogP contribution in [0.3, 0.4) is 0 Å². The minimum atomic E-state index is -0.0462. The molecule has 2 nitrogen and oxygen atoms in total. The van der Waals surface area contributed by atoms with Gasteiger partial charge in [0.1, 0.15) is 0 Å². The highest BCUT2D eigenvalue weighted by Crippen LogP contribution is 2.36. The van der Waals surface area contributed by atoms with E-state index in [1.54, 1.807) is 0 Å². The number of carbonyl (C=O) groups excluding carboxylic acids is 1. The predicted molar refractivity (Wildman–Crippen MR) is 63.7 cm³/mol. The predicted octanol–water partition coefficient (Wildman–Crippen LogP) is 3.21. The number of hydrogen-bond donors (Lipinski definition) is 0. The zero-order chi connectivity index (χ0) is 11.9. The smallest absolute Gasteiger partial charge is 0.223 e. The summed E-state index contributed by atoms with van der Waals surface area (Å²) in [6.45, 7) is 13.1. The molecule has 1 rings (SSSR count). The van der Waals surface area contributed by atoms with Gasteiger partial charge in [-0.2, -0.15) is 0 Å². The van der Waals surface area contributed by atoms with Gasteiger partial charge in [-0.25, -0.2) is 0 Å². The number of nitrogens with zero attached hydrogens (tertiary/aromatic N) is 1. The number of hydrogen-bond acceptors (Lipinski definition) is 1. The Hall–Kier alpha value is -0.530. The molecule has 2 heteroatoms. The molecule has 0 saturated carbocycles. The zero-order valence-corrected chi connectivity index (χ0v) is 11.1. The maximum Gasteiger partial charge on any atom is 0.223 e. The lowest BCUT2D eigenvalue weighted by molar-refractivity contribution is -0.147. The molecule has 0 aliphatic carbocycles. The van der Waals surface area contributed by atoms with E-state index in [2.05, 4.69) is 46.4 Å². The SMILES string of the molecule is CC(C)(C)C1CCCC(=O)N1C(C)(C)C. The standard InChI is InChI=1S/C13H25NO/c1-12(2,3)10-8-7-9-11(15)14(10)13(4,5)6/h10H,7-9H2,1-6H3. The van der Waals surface area contributed by atoms with Crippen LogP contribution in [0.4, 0.5) is 0 Å². The fraction of sp³-hybridized carbons (Fsp3) is 0.923. The molecule has 1 fully saturated rings. The third-order valence-corrected chi connectivity index (χ3v) is 3.17. The average Bonchev–Trinajstić information content (AvgIpc) is 1.99. The van der Waals surface area contributed by atoms with Gasteiger partial charge in [0.2, 0.25) is 5.91 Å². The maximum absolute atomic E-state index is 12.0. The Balaban J connectivity index is 2.98. The lowest BCUT2D eigenvalue weighted by atomic mass is 9.78. The van der Waals surface area contributed by atoms with Crippen LogP contribution in [0.2, 0.25) is 0 Å². The molecule has 0 spiro atoms. The van der Waals surface area contributed by atoms with Crippen molar-refractivity contribution in [2.24, 2.45) is 5.41 Å². The van der Waals surface area contributed by atoms with Crippen molar-refractivity contribution in [3.05, 3.63) is 0 Å². The summed E-state index contributed by atoms with van der Waals surface area (Å²) in [5.74, 6) is 0.327. The van der Waals surface area contributed by atoms with Gasteiger partial charge in [-0.3, -0.25) is 4.79 Å². The maximum atomic E-state index is 12.0. The van der Waals surface area contributed by atoms with Crippen LogP contribution in [0, 0.1) is 5.41 Å². The van der Waals surface area contributed by atoms with Gasteiger partial charge < -0.3 is 4.90 Å². The molecule has 0 N–H and O–H groups in total. The Morgan fingerprint density at radius 2 is 1.67 bits per heavy atom. The van der Waals surface area contributed by atoms with Crippen molar-refractivity contribution >= 4 is 5.91 Å². The minimum Gasteiger partial charge on any atom is -0.334 e. The van der Waals surface area contributed by atoms with Crippen LogP contribution in [-0.4, -0.2) is 22.4 Å². The molecular formula is C13H25NO. The monoisotopic (exact) mass is 211 g/mol. The van der Waals surface area contributed by atoms with Crippen molar-refractivity contribution < 1.29 is 4.79 Å². The number of rotatable bonds is 0. The molecule has 1 unspecified atom stereocenters. The van der Waals surface area contributed by atoms with E-state index in [0.29, 0.717) is 11.9 Å². The van der Waals surface area contributed by atoms with E-state index < -0.39 is 0 Å². The fourth-order valence-corrected chi connectivity index (χ4v) is 2.53. The van der Waals surface area contributed by atoms with Gasteiger partial charge in [-0.15, -0.1) is 0 Å². The first-order chi connectivity index (χ1) is 6.64. The van der Waals surface area contributed by atoms with E-state index in [4.69, 9.17) is 0 Å². The van der Waals surface area contributed by atoms with E-state index in [1.807, 2.05) is 0 Å². The highest BCUT2D eigenvalue weighted by Gasteiger charge is 2.41. The van der Waals surface area contributed by atoms with Crippen LogP contribution in [0.5, 0.6) is 0 Å². The van der Waals surface area contributed by atoms with Gasteiger partial charge in [0.25, 0.3) is 0 Å². The molecule has 1 aliphatic rings. The largest absolute Gasteiger partial charge is 0.334 e. The highest BCUT2D eigenvalue weighted by molar-refractivity contribution is 5.78. The third kappa shape index (κ3) is 2.73. The van der Waals surface area contributed by atoms with Crippen LogP contribution in [0.15, 0.2) is 0 Å². The van der Waals surface area contributed by atoms with Crippen LogP contribution in [0.25, 0.3) is 0 Å². The molecule has 1 heterocycles. The summed E-state index contributed by atoms with van der Waals surface area (Å²) in [5, 5.41) is 0. The molecule has 88 valence electrons. The third-order valence-electron chi connectivity index (χ3n) is 3.17. The number of piperidine rings is 1. The molecule has 1 saturated heterocycles. The summed E-state index contributed by atoms with van der Waals surface area (Å²) in [4.78, 5) is 14.1. The van der Waals surface area contributed by atoms with Crippen molar-refractivity contribution in [3.8, 4) is 0 Å². The molecule has 15 heavy (non-hydrogen) atoms. The zero-order valence-electron chi connectivity index (χ0n) is 11.1. The number of amides is 1. The van der Waals surface area contributed by atoms with Crippen LogP contribution in [0.1, 0.15) is 60.8 Å². The minimum absolute atomic E-state index is 0.0462. The first-order valence-electron chi connectivity index (χ1n) is 5.96. The quantitative estimate of drug-likeness (QED) is 0.602. The molecular weight excluding hydrogens is 186 g/mol. The van der Waals surface area contributed by atoms with Crippen molar-refractivity contribution in [3.63, 3.8) is 0 Å². The van der Waals surface area contributed by atoms with Crippen LogP contribution < -0.4 is 0 Å². The molecule has 0 radical (unpaired) electrons. The summed E-state index contributed by atoms with van der Waals surface area (Å²) < 4.78 is 0. The topological polar surface area (TPSA) is 20.3 Å². The Kier molecular flexibility index (Phi) is 3.18. The van der Waals surface area contributed by atoms with Crippen molar-refractivity contribution in [1.29, 1.82) is 0 Å². The van der Waals surface area contributed by atoms with Crippen LogP contribution >= 0.6 is 0 Å². The molecule has 0 aromatic rings. The lowest BCUT2D eigenvalue weighted by Crippen LogP contribution is -2.57. The number of likely N-dealkylation sites (tertiary alicyclic amines) is 1. The van der Waals surface area contributed by atoms with Gasteiger partial charge in [0.05, 0.1) is 0 Å². The van der Waals surface area contributed by atoms with Crippen molar-refractivity contribution in [2.75, 3.05) is 0 Å². The summed E-state index contributed by atoms with van der Waals surface area (Å²) in [5.41, 5.74) is 0.138. The second-order valence-corrected chi connectivity index (χ2v) is 6.71. The number of carbonyl (C=O) groups is 1. The summed E-state index contributed by atoms with van der Waals surface area (Å²) in [6.07, 6.45) is 2.92. The van der Waals surface area contributed by atoms with E-state index in [1.165, 1.54) is 0 Å².